The molecule has 4 nitrogen and oxygen atoms in total. The summed E-state index contributed by atoms with van der Waals surface area (Å²) in [6.07, 6.45) is 5.64. The molecule has 0 spiro atoms. The zero-order chi connectivity index (χ0) is 14.5. The van der Waals surface area contributed by atoms with Crippen LogP contribution in [-0.4, -0.2) is 43.2 Å². The van der Waals surface area contributed by atoms with Crippen LogP contribution in [0.2, 0.25) is 0 Å². The van der Waals surface area contributed by atoms with Crippen molar-refractivity contribution < 1.29 is 5.11 Å². The number of hydrogen-bond acceptors (Lipinski definition) is 4. The fourth-order valence-electron chi connectivity index (χ4n) is 3.40. The standard InChI is InChI=1S/C17H25N3O/c21-13-9-14-6-3-4-12-20(14)16-8-2-1-7-15(16)17-18-10-5-11-19-17/h1-2,7-8,14,21H,3-6,9-13H2,(H,18,19). The van der Waals surface area contributed by atoms with E-state index in [0.717, 1.165) is 38.3 Å². The molecule has 114 valence electrons. The van der Waals surface area contributed by atoms with Gasteiger partial charge in [-0.25, -0.2) is 0 Å². The minimum absolute atomic E-state index is 0.266. The summed E-state index contributed by atoms with van der Waals surface area (Å²) in [7, 11) is 0. The molecule has 3 rings (SSSR count). The zero-order valence-electron chi connectivity index (χ0n) is 12.6. The van der Waals surface area contributed by atoms with Crippen LogP contribution in [0.15, 0.2) is 29.3 Å². The summed E-state index contributed by atoms with van der Waals surface area (Å²) >= 11 is 0. The van der Waals surface area contributed by atoms with E-state index < -0.39 is 0 Å². The van der Waals surface area contributed by atoms with Gasteiger partial charge in [-0.3, -0.25) is 4.99 Å². The van der Waals surface area contributed by atoms with Gasteiger partial charge in [0.1, 0.15) is 5.84 Å². The van der Waals surface area contributed by atoms with Gasteiger partial charge in [0.15, 0.2) is 0 Å². The van der Waals surface area contributed by atoms with Gasteiger partial charge >= 0.3 is 0 Å². The number of hydrogen-bond donors (Lipinski definition) is 2. The van der Waals surface area contributed by atoms with Gasteiger partial charge in [0.25, 0.3) is 0 Å². The Kier molecular flexibility index (Phi) is 4.76. The van der Waals surface area contributed by atoms with E-state index in [4.69, 9.17) is 0 Å². The Bertz CT molecular complexity index is 499. The Labute approximate surface area is 126 Å². The predicted octanol–water partition coefficient (Wildman–Crippen LogP) is 2.17. The summed E-state index contributed by atoms with van der Waals surface area (Å²) < 4.78 is 0. The molecule has 0 aromatic heterocycles. The van der Waals surface area contributed by atoms with Crippen LogP contribution in [0.1, 0.15) is 37.7 Å². The van der Waals surface area contributed by atoms with Gasteiger partial charge in [0.2, 0.25) is 0 Å². The largest absolute Gasteiger partial charge is 0.396 e. The van der Waals surface area contributed by atoms with Crippen LogP contribution in [0.5, 0.6) is 0 Å². The molecule has 1 saturated heterocycles. The molecule has 0 radical (unpaired) electrons. The van der Waals surface area contributed by atoms with E-state index in [2.05, 4.69) is 39.5 Å². The molecule has 2 N–H and O–H groups in total. The average molecular weight is 287 g/mol. The second-order valence-electron chi connectivity index (χ2n) is 5.88. The van der Waals surface area contributed by atoms with Crippen LogP contribution in [-0.2, 0) is 0 Å². The molecular formula is C17H25N3O. The highest BCUT2D eigenvalue weighted by Crippen LogP contribution is 2.29. The lowest BCUT2D eigenvalue weighted by molar-refractivity contribution is 0.262. The van der Waals surface area contributed by atoms with Crippen LogP contribution in [0.3, 0.4) is 0 Å². The molecule has 0 saturated carbocycles. The maximum absolute atomic E-state index is 9.34. The molecule has 1 unspecified atom stereocenters. The lowest BCUT2D eigenvalue weighted by atomic mass is 9.97. The first-order valence-electron chi connectivity index (χ1n) is 8.15. The molecule has 0 amide bonds. The van der Waals surface area contributed by atoms with Gasteiger partial charge in [-0.1, -0.05) is 12.1 Å². The molecule has 1 fully saturated rings. The van der Waals surface area contributed by atoms with E-state index in [1.807, 2.05) is 0 Å². The van der Waals surface area contributed by atoms with Crippen molar-refractivity contribution in [2.75, 3.05) is 31.1 Å². The SMILES string of the molecule is OCCC1CCCCN1c1ccccc1C1=NCCCN1. The maximum atomic E-state index is 9.34. The van der Waals surface area contributed by atoms with E-state index >= 15 is 0 Å². The Hall–Kier alpha value is -1.55. The highest BCUT2D eigenvalue weighted by molar-refractivity contribution is 6.04. The number of piperidine rings is 1. The number of para-hydroxylation sites is 1. The Balaban J connectivity index is 1.91. The Morgan fingerprint density at radius 1 is 1.24 bits per heavy atom. The fourth-order valence-corrected chi connectivity index (χ4v) is 3.40. The Morgan fingerprint density at radius 3 is 2.95 bits per heavy atom. The number of aliphatic hydroxyl groups is 1. The summed E-state index contributed by atoms with van der Waals surface area (Å²) in [5.74, 6) is 1.03. The van der Waals surface area contributed by atoms with Crippen LogP contribution in [0, 0.1) is 0 Å². The van der Waals surface area contributed by atoms with E-state index in [0.29, 0.717) is 6.04 Å². The maximum Gasteiger partial charge on any atom is 0.130 e. The summed E-state index contributed by atoms with van der Waals surface area (Å²) in [5, 5.41) is 12.8. The van der Waals surface area contributed by atoms with Crippen molar-refractivity contribution in [3.05, 3.63) is 29.8 Å². The number of nitrogens with zero attached hydrogens (tertiary/aromatic N) is 2. The number of benzene rings is 1. The van der Waals surface area contributed by atoms with Crippen molar-refractivity contribution in [1.29, 1.82) is 0 Å². The van der Waals surface area contributed by atoms with E-state index in [-0.39, 0.29) is 6.61 Å². The summed E-state index contributed by atoms with van der Waals surface area (Å²) in [4.78, 5) is 7.14. The molecule has 1 aromatic carbocycles. The molecule has 21 heavy (non-hydrogen) atoms. The number of nitrogens with one attached hydrogen (secondary N) is 1. The van der Waals surface area contributed by atoms with Gasteiger partial charge < -0.3 is 15.3 Å². The summed E-state index contributed by atoms with van der Waals surface area (Å²) in [6, 6.07) is 9.00. The number of aliphatic hydroxyl groups excluding tert-OH is 1. The third kappa shape index (κ3) is 3.21. The minimum atomic E-state index is 0.266. The molecule has 0 aliphatic carbocycles. The second-order valence-corrected chi connectivity index (χ2v) is 5.88. The normalized spacial score (nSPS) is 22.6. The molecule has 1 atom stereocenters. The molecule has 2 aliphatic rings. The van der Waals surface area contributed by atoms with E-state index in [1.54, 1.807) is 0 Å². The minimum Gasteiger partial charge on any atom is -0.396 e. The number of anilines is 1. The van der Waals surface area contributed by atoms with E-state index in [1.165, 1.54) is 30.5 Å². The predicted molar refractivity (Wildman–Crippen MR) is 87.2 cm³/mol. The first kappa shape index (κ1) is 14.4. The van der Waals surface area contributed by atoms with Gasteiger partial charge in [-0.2, -0.15) is 0 Å². The third-order valence-corrected chi connectivity index (χ3v) is 4.46. The molecule has 4 heteroatoms. The lowest BCUT2D eigenvalue weighted by Gasteiger charge is -2.38. The van der Waals surface area contributed by atoms with Crippen LogP contribution >= 0.6 is 0 Å². The van der Waals surface area contributed by atoms with Crippen molar-refractivity contribution in [1.82, 2.24) is 5.32 Å². The van der Waals surface area contributed by atoms with Gasteiger partial charge in [-0.05, 0) is 44.2 Å². The lowest BCUT2D eigenvalue weighted by Crippen LogP contribution is -2.42. The van der Waals surface area contributed by atoms with Crippen molar-refractivity contribution >= 4 is 11.5 Å². The first-order chi connectivity index (χ1) is 10.4. The van der Waals surface area contributed by atoms with Crippen LogP contribution in [0.25, 0.3) is 0 Å². The van der Waals surface area contributed by atoms with Crippen LogP contribution < -0.4 is 10.2 Å². The second kappa shape index (κ2) is 6.94. The highest BCUT2D eigenvalue weighted by Gasteiger charge is 2.25. The molecule has 1 aromatic rings. The van der Waals surface area contributed by atoms with Gasteiger partial charge in [0, 0.05) is 43.5 Å². The topological polar surface area (TPSA) is 47.9 Å². The smallest absolute Gasteiger partial charge is 0.130 e. The molecule has 2 aliphatic heterocycles. The highest BCUT2D eigenvalue weighted by atomic mass is 16.3. The van der Waals surface area contributed by atoms with Crippen molar-refractivity contribution in [3.63, 3.8) is 0 Å². The number of rotatable bonds is 4. The third-order valence-electron chi connectivity index (χ3n) is 4.46. The first-order valence-corrected chi connectivity index (χ1v) is 8.15. The molecule has 0 bridgehead atoms. The summed E-state index contributed by atoms with van der Waals surface area (Å²) in [5.41, 5.74) is 2.48. The zero-order valence-corrected chi connectivity index (χ0v) is 12.6. The summed E-state index contributed by atoms with van der Waals surface area (Å²) in [6.45, 7) is 3.27. The number of amidine groups is 1. The quantitative estimate of drug-likeness (QED) is 0.892. The van der Waals surface area contributed by atoms with Gasteiger partial charge in [-0.15, -0.1) is 0 Å². The molecular weight excluding hydrogens is 262 g/mol. The average Bonchev–Trinajstić information content (AvgIpc) is 2.57. The monoisotopic (exact) mass is 287 g/mol. The van der Waals surface area contributed by atoms with E-state index in [9.17, 15) is 5.11 Å². The van der Waals surface area contributed by atoms with Crippen molar-refractivity contribution in [2.45, 2.75) is 38.1 Å². The van der Waals surface area contributed by atoms with Crippen molar-refractivity contribution in [2.24, 2.45) is 4.99 Å². The molecule has 2 heterocycles. The van der Waals surface area contributed by atoms with Crippen LogP contribution in [0.4, 0.5) is 5.69 Å². The Morgan fingerprint density at radius 2 is 2.14 bits per heavy atom. The fraction of sp³-hybridized carbons (Fsp3) is 0.588. The van der Waals surface area contributed by atoms with Gasteiger partial charge in [0.05, 0.1) is 0 Å². The van der Waals surface area contributed by atoms with Crippen molar-refractivity contribution in [3.8, 4) is 0 Å². The number of aliphatic imine (C=N–C) groups is 1.